The zero-order valence-electron chi connectivity index (χ0n) is 12.3. The number of carbonyl (C=O) groups is 1. The van der Waals surface area contributed by atoms with Crippen LogP contribution in [-0.2, 0) is 0 Å². The molecule has 0 aliphatic rings. The quantitative estimate of drug-likeness (QED) is 0.752. The maximum absolute atomic E-state index is 11.6. The van der Waals surface area contributed by atoms with Crippen LogP contribution in [0.25, 0.3) is 16.8 Å². The van der Waals surface area contributed by atoms with Gasteiger partial charge in [0.1, 0.15) is 0 Å². The standard InChI is InChI=1S/C18H21NOS/c1-2-3-13-19-18(20)21-14-7-11-16-10-6-9-15-8-4-5-12-17(15)16/h4-12H,2-3,13-14H2,1H3,(H,19,20)/b11-7+. The van der Waals surface area contributed by atoms with Gasteiger partial charge in [-0.25, -0.2) is 0 Å². The molecule has 0 aromatic heterocycles. The van der Waals surface area contributed by atoms with Gasteiger partial charge in [0, 0.05) is 12.3 Å². The molecule has 1 amide bonds. The third-order valence-electron chi connectivity index (χ3n) is 3.23. The van der Waals surface area contributed by atoms with Crippen molar-refractivity contribution in [3.05, 3.63) is 54.1 Å². The zero-order chi connectivity index (χ0) is 14.9. The molecule has 2 aromatic carbocycles. The van der Waals surface area contributed by atoms with Crippen LogP contribution in [0.15, 0.2) is 48.5 Å². The van der Waals surface area contributed by atoms with Crippen molar-refractivity contribution in [1.29, 1.82) is 0 Å². The van der Waals surface area contributed by atoms with Crippen molar-refractivity contribution in [2.24, 2.45) is 0 Å². The molecule has 2 rings (SSSR count). The molecule has 0 aliphatic carbocycles. The van der Waals surface area contributed by atoms with Gasteiger partial charge in [-0.2, -0.15) is 0 Å². The molecular formula is C18H21NOS. The van der Waals surface area contributed by atoms with Gasteiger partial charge in [0.05, 0.1) is 0 Å². The Labute approximate surface area is 130 Å². The van der Waals surface area contributed by atoms with E-state index in [9.17, 15) is 4.79 Å². The van der Waals surface area contributed by atoms with Crippen LogP contribution >= 0.6 is 11.8 Å². The summed E-state index contributed by atoms with van der Waals surface area (Å²) in [4.78, 5) is 11.6. The number of thioether (sulfide) groups is 1. The average Bonchev–Trinajstić information content (AvgIpc) is 2.52. The van der Waals surface area contributed by atoms with Gasteiger partial charge < -0.3 is 5.32 Å². The third kappa shape index (κ3) is 4.94. The molecule has 0 heterocycles. The Kier molecular flexibility index (Phi) is 6.35. The molecule has 0 spiro atoms. The second-order valence-corrected chi connectivity index (χ2v) is 5.84. The lowest BCUT2D eigenvalue weighted by Crippen LogP contribution is -2.19. The Balaban J connectivity index is 1.87. The largest absolute Gasteiger partial charge is 0.347 e. The summed E-state index contributed by atoms with van der Waals surface area (Å²) in [5, 5.41) is 5.45. The first kappa shape index (κ1) is 15.6. The number of rotatable bonds is 6. The number of carbonyl (C=O) groups excluding carboxylic acids is 1. The van der Waals surface area contributed by atoms with Gasteiger partial charge in [-0.15, -0.1) is 0 Å². The van der Waals surface area contributed by atoms with E-state index in [1.165, 1.54) is 28.1 Å². The zero-order valence-corrected chi connectivity index (χ0v) is 13.2. The summed E-state index contributed by atoms with van der Waals surface area (Å²) < 4.78 is 0. The van der Waals surface area contributed by atoms with E-state index in [0.29, 0.717) is 5.75 Å². The van der Waals surface area contributed by atoms with Crippen LogP contribution < -0.4 is 5.32 Å². The first-order valence-corrected chi connectivity index (χ1v) is 8.34. The van der Waals surface area contributed by atoms with E-state index in [1.807, 2.05) is 12.1 Å². The molecule has 110 valence electrons. The minimum Gasteiger partial charge on any atom is -0.347 e. The Hall–Kier alpha value is -1.74. The van der Waals surface area contributed by atoms with Crippen molar-refractivity contribution < 1.29 is 4.79 Å². The number of benzene rings is 2. The molecule has 1 N–H and O–H groups in total. The smallest absolute Gasteiger partial charge is 0.279 e. The number of fused-ring (bicyclic) bond motifs is 1. The van der Waals surface area contributed by atoms with Crippen LogP contribution in [-0.4, -0.2) is 17.5 Å². The first-order valence-electron chi connectivity index (χ1n) is 7.36. The highest BCUT2D eigenvalue weighted by Gasteiger charge is 1.99. The van der Waals surface area contributed by atoms with Gasteiger partial charge >= 0.3 is 0 Å². The van der Waals surface area contributed by atoms with Crippen LogP contribution in [0, 0.1) is 0 Å². The lowest BCUT2D eigenvalue weighted by molar-refractivity contribution is 0.260. The number of hydrogen-bond donors (Lipinski definition) is 1. The molecule has 21 heavy (non-hydrogen) atoms. The highest BCUT2D eigenvalue weighted by atomic mass is 32.2. The van der Waals surface area contributed by atoms with Gasteiger partial charge in [-0.1, -0.05) is 79.7 Å². The Morgan fingerprint density at radius 3 is 2.86 bits per heavy atom. The second-order valence-electron chi connectivity index (χ2n) is 4.85. The number of amides is 1. The van der Waals surface area contributed by atoms with Crippen LogP contribution in [0.2, 0.25) is 0 Å². The van der Waals surface area contributed by atoms with Crippen molar-refractivity contribution in [3.63, 3.8) is 0 Å². The maximum Gasteiger partial charge on any atom is 0.279 e. The summed E-state index contributed by atoms with van der Waals surface area (Å²) in [6.07, 6.45) is 6.28. The summed E-state index contributed by atoms with van der Waals surface area (Å²) in [5.74, 6) is 0.696. The minimum absolute atomic E-state index is 0.0611. The fourth-order valence-electron chi connectivity index (χ4n) is 2.11. The molecule has 0 saturated heterocycles. The van der Waals surface area contributed by atoms with Crippen molar-refractivity contribution in [2.45, 2.75) is 19.8 Å². The van der Waals surface area contributed by atoms with E-state index >= 15 is 0 Å². The average molecular weight is 299 g/mol. The topological polar surface area (TPSA) is 29.1 Å². The summed E-state index contributed by atoms with van der Waals surface area (Å²) in [6, 6.07) is 14.6. The molecule has 3 heteroatoms. The van der Waals surface area contributed by atoms with Crippen LogP contribution in [0.4, 0.5) is 4.79 Å². The van der Waals surface area contributed by atoms with Gasteiger partial charge in [0.2, 0.25) is 0 Å². The highest BCUT2D eigenvalue weighted by Crippen LogP contribution is 2.19. The van der Waals surface area contributed by atoms with E-state index in [2.05, 4.69) is 54.7 Å². The molecule has 0 unspecified atom stereocenters. The van der Waals surface area contributed by atoms with E-state index < -0.39 is 0 Å². The number of hydrogen-bond acceptors (Lipinski definition) is 2. The van der Waals surface area contributed by atoms with E-state index in [4.69, 9.17) is 0 Å². The van der Waals surface area contributed by atoms with Crippen molar-refractivity contribution >= 4 is 33.8 Å². The molecule has 0 atom stereocenters. The van der Waals surface area contributed by atoms with Gasteiger partial charge in [-0.3, -0.25) is 4.79 Å². The molecule has 0 aliphatic heterocycles. The SMILES string of the molecule is CCCCNC(=O)SC/C=C/c1cccc2ccccc12. The van der Waals surface area contributed by atoms with E-state index in [-0.39, 0.29) is 5.24 Å². The first-order chi connectivity index (χ1) is 10.3. The fourth-order valence-corrected chi connectivity index (χ4v) is 2.66. The Morgan fingerprint density at radius 1 is 1.19 bits per heavy atom. The lowest BCUT2D eigenvalue weighted by Gasteiger charge is -2.02. The molecule has 0 radical (unpaired) electrons. The Bertz CT molecular complexity index is 616. The van der Waals surface area contributed by atoms with Crippen LogP contribution in [0.1, 0.15) is 25.3 Å². The van der Waals surface area contributed by atoms with Crippen LogP contribution in [0.5, 0.6) is 0 Å². The second kappa shape index (κ2) is 8.53. The van der Waals surface area contributed by atoms with E-state index in [0.717, 1.165) is 19.4 Å². The molecule has 0 bridgehead atoms. The molecule has 2 aromatic rings. The molecular weight excluding hydrogens is 278 g/mol. The molecule has 0 fully saturated rings. The van der Waals surface area contributed by atoms with Crippen molar-refractivity contribution in [1.82, 2.24) is 5.32 Å². The summed E-state index contributed by atoms with van der Waals surface area (Å²) in [7, 11) is 0. The molecule has 2 nitrogen and oxygen atoms in total. The number of nitrogens with one attached hydrogen (secondary N) is 1. The lowest BCUT2D eigenvalue weighted by atomic mass is 10.0. The van der Waals surface area contributed by atoms with Gasteiger partial charge in [-0.05, 0) is 22.8 Å². The van der Waals surface area contributed by atoms with Crippen LogP contribution in [0.3, 0.4) is 0 Å². The van der Waals surface area contributed by atoms with Gasteiger partial charge in [0.15, 0.2) is 0 Å². The van der Waals surface area contributed by atoms with E-state index in [1.54, 1.807) is 0 Å². The monoisotopic (exact) mass is 299 g/mol. The highest BCUT2D eigenvalue weighted by molar-refractivity contribution is 8.13. The minimum atomic E-state index is 0.0611. The maximum atomic E-state index is 11.6. The predicted octanol–water partition coefficient (Wildman–Crippen LogP) is 5.10. The summed E-state index contributed by atoms with van der Waals surface area (Å²) in [6.45, 7) is 2.89. The fraction of sp³-hybridized carbons (Fsp3) is 0.278. The number of unbranched alkanes of at least 4 members (excludes halogenated alkanes) is 1. The van der Waals surface area contributed by atoms with Gasteiger partial charge in [0.25, 0.3) is 5.24 Å². The van der Waals surface area contributed by atoms with Crippen molar-refractivity contribution in [2.75, 3.05) is 12.3 Å². The third-order valence-corrected chi connectivity index (χ3v) is 4.00. The normalized spacial score (nSPS) is 11.1. The summed E-state index contributed by atoms with van der Waals surface area (Å²) in [5.41, 5.74) is 1.19. The summed E-state index contributed by atoms with van der Waals surface area (Å²) >= 11 is 1.31. The molecule has 0 saturated carbocycles. The Morgan fingerprint density at radius 2 is 2.00 bits per heavy atom. The predicted molar refractivity (Wildman–Crippen MR) is 93.7 cm³/mol. The van der Waals surface area contributed by atoms with Crippen molar-refractivity contribution in [3.8, 4) is 0 Å².